The summed E-state index contributed by atoms with van der Waals surface area (Å²) in [6.45, 7) is 0. The Morgan fingerprint density at radius 3 is 2.06 bits per heavy atom. The Morgan fingerprint density at radius 1 is 0.839 bits per heavy atom. The third-order valence-electron chi connectivity index (χ3n) is 5.29. The number of hydrogen-bond donors (Lipinski definition) is 0. The Morgan fingerprint density at radius 2 is 1.42 bits per heavy atom. The number of carbonyl (C=O) groups is 2. The van der Waals surface area contributed by atoms with Gasteiger partial charge < -0.3 is 0 Å². The van der Waals surface area contributed by atoms with Gasteiger partial charge in [-0.1, -0.05) is 84.9 Å². The van der Waals surface area contributed by atoms with Gasteiger partial charge in [-0.2, -0.15) is 0 Å². The van der Waals surface area contributed by atoms with Crippen LogP contribution in [0.4, 0.5) is 5.69 Å². The number of hydrogen-bond acceptors (Lipinski definition) is 5. The van der Waals surface area contributed by atoms with E-state index in [1.165, 1.54) is 17.8 Å². The maximum absolute atomic E-state index is 13.4. The van der Waals surface area contributed by atoms with Gasteiger partial charge in [0.1, 0.15) is 0 Å². The molecule has 1 heterocycles. The summed E-state index contributed by atoms with van der Waals surface area (Å²) < 4.78 is 0. The second-order valence-corrected chi connectivity index (χ2v) is 8.37. The molecule has 1 aliphatic heterocycles. The van der Waals surface area contributed by atoms with E-state index in [0.29, 0.717) is 28.0 Å². The molecule has 3 aromatic carbocycles. The third kappa shape index (κ3) is 4.34. The maximum atomic E-state index is 13.4. The highest BCUT2D eigenvalue weighted by atomic mass is 32.2. The number of nitro benzene ring substituents is 1. The lowest BCUT2D eigenvalue weighted by molar-refractivity contribution is -0.385. The molecule has 1 aliphatic rings. The Bertz CT molecular complexity index is 1160. The van der Waals surface area contributed by atoms with Gasteiger partial charge in [-0.3, -0.25) is 19.7 Å². The Balaban J connectivity index is 1.75. The first-order valence-electron chi connectivity index (χ1n) is 9.85. The molecule has 31 heavy (non-hydrogen) atoms. The number of allylic oxidation sites excluding steroid dienone is 2. The molecule has 6 heteroatoms. The van der Waals surface area contributed by atoms with Crippen molar-refractivity contribution in [2.45, 2.75) is 17.6 Å². The van der Waals surface area contributed by atoms with E-state index in [1.54, 1.807) is 72.8 Å². The molecule has 0 aromatic heterocycles. The summed E-state index contributed by atoms with van der Waals surface area (Å²) in [5.41, 5.74) is 1.58. The fourth-order valence-electron chi connectivity index (χ4n) is 3.76. The van der Waals surface area contributed by atoms with Crippen LogP contribution in [0.3, 0.4) is 0 Å². The molecular weight excluding hydrogens is 410 g/mol. The van der Waals surface area contributed by atoms with Crippen LogP contribution in [0.1, 0.15) is 38.6 Å². The lowest BCUT2D eigenvalue weighted by Crippen LogP contribution is -2.29. The van der Waals surface area contributed by atoms with E-state index in [2.05, 4.69) is 0 Å². The van der Waals surface area contributed by atoms with Crippen molar-refractivity contribution in [3.63, 3.8) is 0 Å². The minimum absolute atomic E-state index is 0.00908. The van der Waals surface area contributed by atoms with Crippen LogP contribution in [0, 0.1) is 10.1 Å². The molecule has 3 aromatic rings. The molecule has 154 valence electrons. The topological polar surface area (TPSA) is 77.3 Å². The van der Waals surface area contributed by atoms with Crippen LogP contribution >= 0.6 is 11.8 Å². The van der Waals surface area contributed by atoms with Crippen LogP contribution < -0.4 is 0 Å². The summed E-state index contributed by atoms with van der Waals surface area (Å²) in [5.74, 6) is -0.690. The molecule has 0 N–H and O–H groups in total. The summed E-state index contributed by atoms with van der Waals surface area (Å²) in [4.78, 5) is 38.1. The van der Waals surface area contributed by atoms with Crippen LogP contribution in [0.15, 0.2) is 95.9 Å². The van der Waals surface area contributed by atoms with Gasteiger partial charge in [0.05, 0.1) is 15.1 Å². The molecule has 0 saturated heterocycles. The smallest absolute Gasteiger partial charge is 0.272 e. The third-order valence-corrected chi connectivity index (χ3v) is 6.69. The first kappa shape index (κ1) is 20.8. The highest BCUT2D eigenvalue weighted by molar-refractivity contribution is 8.05. The van der Waals surface area contributed by atoms with Gasteiger partial charge in [-0.25, -0.2) is 0 Å². The summed E-state index contributed by atoms with van der Waals surface area (Å²) >= 11 is 1.20. The molecule has 0 radical (unpaired) electrons. The van der Waals surface area contributed by atoms with Gasteiger partial charge in [-0.15, -0.1) is 11.8 Å². The Kier molecular flexibility index (Phi) is 6.09. The number of ketones is 2. The van der Waals surface area contributed by atoms with Gasteiger partial charge in [-0.05, 0) is 6.42 Å². The quantitative estimate of drug-likeness (QED) is 0.280. The molecule has 0 unspecified atom stereocenters. The van der Waals surface area contributed by atoms with Crippen molar-refractivity contribution < 1.29 is 14.5 Å². The van der Waals surface area contributed by atoms with Gasteiger partial charge in [0.15, 0.2) is 11.6 Å². The second-order valence-electron chi connectivity index (χ2n) is 7.19. The van der Waals surface area contributed by atoms with Crippen LogP contribution in [-0.4, -0.2) is 21.7 Å². The van der Waals surface area contributed by atoms with Crippen molar-refractivity contribution in [2.75, 3.05) is 0 Å². The van der Waals surface area contributed by atoms with E-state index in [4.69, 9.17) is 0 Å². The van der Waals surface area contributed by atoms with Gasteiger partial charge in [0.2, 0.25) is 0 Å². The molecular formula is C25H19NO4S. The molecule has 2 atom stereocenters. The van der Waals surface area contributed by atoms with Crippen molar-refractivity contribution >= 4 is 29.0 Å². The summed E-state index contributed by atoms with van der Waals surface area (Å²) in [5, 5.41) is 11.0. The standard InChI is InChI=1S/C25H19NO4S/c27-23(17-9-3-1-4-10-17)22-16-15-20(19-13-7-8-14-21(19)26(29)30)25(31-22)24(28)18-11-5-2-6-12-18/h1-14,16,20,25H,15H2/t20-,25+/m0/s1. The lowest BCUT2D eigenvalue weighted by Gasteiger charge is -2.29. The number of rotatable bonds is 6. The van der Waals surface area contributed by atoms with Crippen molar-refractivity contribution in [2.24, 2.45) is 0 Å². The van der Waals surface area contributed by atoms with Crippen molar-refractivity contribution in [3.05, 3.63) is 123 Å². The summed E-state index contributed by atoms with van der Waals surface area (Å²) in [6, 6.07) is 24.3. The normalized spacial score (nSPS) is 18.1. The average Bonchev–Trinajstić information content (AvgIpc) is 2.84. The van der Waals surface area contributed by atoms with Gasteiger partial charge >= 0.3 is 0 Å². The van der Waals surface area contributed by atoms with Crippen molar-refractivity contribution in [3.8, 4) is 0 Å². The number of Topliss-reactive ketones (excluding diaryl/α,β-unsaturated/α-hetero) is 2. The van der Waals surface area contributed by atoms with E-state index < -0.39 is 16.1 Å². The Hall–Kier alpha value is -3.51. The van der Waals surface area contributed by atoms with Crippen LogP contribution in [0.25, 0.3) is 0 Å². The zero-order valence-electron chi connectivity index (χ0n) is 16.5. The highest BCUT2D eigenvalue weighted by Gasteiger charge is 2.38. The zero-order valence-corrected chi connectivity index (χ0v) is 17.3. The molecule has 0 saturated carbocycles. The summed E-state index contributed by atoms with van der Waals surface area (Å²) in [6.07, 6.45) is 2.17. The first-order valence-corrected chi connectivity index (χ1v) is 10.7. The molecule has 0 spiro atoms. The minimum Gasteiger partial charge on any atom is -0.293 e. The van der Waals surface area contributed by atoms with E-state index in [1.807, 2.05) is 12.1 Å². The Labute approximate surface area is 184 Å². The number of para-hydroxylation sites is 1. The average molecular weight is 429 g/mol. The van der Waals surface area contributed by atoms with Gasteiger partial charge in [0, 0.05) is 28.7 Å². The molecule has 0 fully saturated rings. The van der Waals surface area contributed by atoms with E-state index in [9.17, 15) is 19.7 Å². The summed E-state index contributed by atoms with van der Waals surface area (Å²) in [7, 11) is 0. The highest BCUT2D eigenvalue weighted by Crippen LogP contribution is 2.45. The van der Waals surface area contributed by atoms with Crippen LogP contribution in [0.2, 0.25) is 0 Å². The molecule has 0 aliphatic carbocycles. The van der Waals surface area contributed by atoms with Gasteiger partial charge in [0.25, 0.3) is 5.69 Å². The fourth-order valence-corrected chi connectivity index (χ4v) is 5.12. The monoisotopic (exact) mass is 429 g/mol. The molecule has 4 rings (SSSR count). The number of carbonyl (C=O) groups excluding carboxylic acids is 2. The van der Waals surface area contributed by atoms with Crippen molar-refractivity contribution in [1.29, 1.82) is 0 Å². The predicted molar refractivity (Wildman–Crippen MR) is 121 cm³/mol. The zero-order chi connectivity index (χ0) is 21.8. The molecule has 5 nitrogen and oxygen atoms in total. The fraction of sp³-hybridized carbons (Fsp3) is 0.120. The minimum atomic E-state index is -0.642. The largest absolute Gasteiger partial charge is 0.293 e. The van der Waals surface area contributed by atoms with Crippen molar-refractivity contribution in [1.82, 2.24) is 0 Å². The van der Waals surface area contributed by atoms with E-state index >= 15 is 0 Å². The maximum Gasteiger partial charge on any atom is 0.272 e. The van der Waals surface area contributed by atoms with E-state index in [-0.39, 0.29) is 17.3 Å². The lowest BCUT2D eigenvalue weighted by atomic mass is 9.86. The second kappa shape index (κ2) is 9.10. The molecule has 0 amide bonds. The SMILES string of the molecule is O=C(C1=CC[C@@H](c2ccccc2[N+](=O)[O-])[C@H](C(=O)c2ccccc2)S1)c1ccccc1. The van der Waals surface area contributed by atoms with Crippen LogP contribution in [0.5, 0.6) is 0 Å². The number of benzene rings is 3. The number of nitro groups is 1. The number of thioether (sulfide) groups is 1. The first-order chi connectivity index (χ1) is 15.1. The number of nitrogens with zero attached hydrogens (tertiary/aromatic N) is 1. The van der Waals surface area contributed by atoms with E-state index in [0.717, 1.165) is 0 Å². The van der Waals surface area contributed by atoms with Crippen LogP contribution in [-0.2, 0) is 0 Å². The predicted octanol–water partition coefficient (Wildman–Crippen LogP) is 5.83. The molecule has 0 bridgehead atoms.